The summed E-state index contributed by atoms with van der Waals surface area (Å²) in [6.07, 6.45) is 3.59. The molecule has 1 aromatic carbocycles. The molecule has 0 aliphatic rings. The molecule has 4 rings (SSSR count). The molecule has 32 heavy (non-hydrogen) atoms. The summed E-state index contributed by atoms with van der Waals surface area (Å²) in [4.78, 5) is 38.3. The van der Waals surface area contributed by atoms with Gasteiger partial charge in [0, 0.05) is 30.7 Å². The first-order chi connectivity index (χ1) is 15.4. The van der Waals surface area contributed by atoms with Gasteiger partial charge >= 0.3 is 5.97 Å². The number of ether oxygens (including phenoxy) is 1. The van der Waals surface area contributed by atoms with Crippen LogP contribution in [0.4, 0.5) is 5.13 Å². The lowest BCUT2D eigenvalue weighted by atomic mass is 10.1. The van der Waals surface area contributed by atoms with Crippen molar-refractivity contribution in [2.45, 2.75) is 20.8 Å². The average molecular weight is 450 g/mol. The van der Waals surface area contributed by atoms with E-state index >= 15 is 0 Å². The van der Waals surface area contributed by atoms with Crippen molar-refractivity contribution in [1.82, 2.24) is 19.5 Å². The minimum absolute atomic E-state index is 0.266. The van der Waals surface area contributed by atoms with E-state index in [0.29, 0.717) is 27.6 Å². The quantitative estimate of drug-likeness (QED) is 0.419. The van der Waals surface area contributed by atoms with Crippen molar-refractivity contribution in [2.24, 2.45) is 7.05 Å². The van der Waals surface area contributed by atoms with E-state index in [9.17, 15) is 9.59 Å². The molecule has 0 unspecified atom stereocenters. The van der Waals surface area contributed by atoms with Gasteiger partial charge in [-0.3, -0.25) is 10.1 Å². The lowest BCUT2D eigenvalue weighted by molar-refractivity contribution is 0.0525. The molecule has 3 heterocycles. The van der Waals surface area contributed by atoms with Gasteiger partial charge in [0.2, 0.25) is 0 Å². The molecule has 0 aliphatic heterocycles. The van der Waals surface area contributed by atoms with Gasteiger partial charge in [-0.15, -0.1) is 0 Å². The molecule has 0 fully saturated rings. The number of H-pyrrole nitrogens is 1. The first-order valence-electron chi connectivity index (χ1n) is 10.1. The molecule has 1 amide bonds. The molecular weight excluding hydrogens is 426 g/mol. The highest BCUT2D eigenvalue weighted by Gasteiger charge is 2.25. The highest BCUT2D eigenvalue weighted by Crippen LogP contribution is 2.38. The highest BCUT2D eigenvalue weighted by atomic mass is 32.1. The van der Waals surface area contributed by atoms with Crippen LogP contribution >= 0.6 is 11.3 Å². The van der Waals surface area contributed by atoms with E-state index in [1.807, 2.05) is 48.1 Å². The number of amides is 1. The summed E-state index contributed by atoms with van der Waals surface area (Å²) < 4.78 is 7.02. The molecule has 8 nitrogen and oxygen atoms in total. The number of hydrogen-bond acceptors (Lipinski definition) is 6. The van der Waals surface area contributed by atoms with E-state index in [2.05, 4.69) is 15.3 Å². The van der Waals surface area contributed by atoms with Crippen LogP contribution in [-0.4, -0.2) is 38.0 Å². The number of aromatic amines is 1. The van der Waals surface area contributed by atoms with Crippen molar-refractivity contribution >= 4 is 28.3 Å². The number of nitrogens with zero attached hydrogens (tertiary/aromatic N) is 3. The second kappa shape index (κ2) is 8.80. The van der Waals surface area contributed by atoms with Crippen LogP contribution < -0.4 is 5.32 Å². The van der Waals surface area contributed by atoms with E-state index in [1.54, 1.807) is 27.0 Å². The van der Waals surface area contributed by atoms with Crippen LogP contribution in [-0.2, 0) is 11.8 Å². The summed E-state index contributed by atoms with van der Waals surface area (Å²) in [6.45, 7) is 5.48. The highest BCUT2D eigenvalue weighted by molar-refractivity contribution is 7.19. The maximum atomic E-state index is 13.0. The van der Waals surface area contributed by atoms with Crippen molar-refractivity contribution in [1.29, 1.82) is 0 Å². The fourth-order valence-corrected chi connectivity index (χ4v) is 4.57. The van der Waals surface area contributed by atoms with Crippen LogP contribution in [0.2, 0.25) is 0 Å². The number of nitrogens with one attached hydrogen (secondary N) is 2. The number of imidazole rings is 1. The molecule has 9 heteroatoms. The van der Waals surface area contributed by atoms with Crippen LogP contribution in [0.1, 0.15) is 39.0 Å². The number of esters is 1. The van der Waals surface area contributed by atoms with E-state index in [4.69, 9.17) is 9.72 Å². The van der Waals surface area contributed by atoms with E-state index in [1.165, 1.54) is 11.3 Å². The van der Waals surface area contributed by atoms with Crippen molar-refractivity contribution in [3.8, 4) is 22.0 Å². The predicted molar refractivity (Wildman–Crippen MR) is 124 cm³/mol. The molecule has 0 spiro atoms. The number of thiazole rings is 1. The topological polar surface area (TPSA) is 102 Å². The number of aryl methyl sites for hydroxylation is 2. The zero-order chi connectivity index (χ0) is 22.8. The SMILES string of the molecule is CCOC(=O)c1c(C)[nH]c(C(=O)Nc2nc(-c3ccccc3)c(-c3nccn3C)s2)c1C. The van der Waals surface area contributed by atoms with Gasteiger partial charge in [0.15, 0.2) is 11.0 Å². The molecule has 0 atom stereocenters. The maximum absolute atomic E-state index is 13.0. The van der Waals surface area contributed by atoms with Crippen molar-refractivity contribution < 1.29 is 14.3 Å². The average Bonchev–Trinajstić information content (AvgIpc) is 3.45. The first kappa shape index (κ1) is 21.5. The Hall–Kier alpha value is -3.72. The van der Waals surface area contributed by atoms with Gasteiger partial charge in [-0.05, 0) is 26.3 Å². The van der Waals surface area contributed by atoms with Crippen molar-refractivity contribution in [2.75, 3.05) is 11.9 Å². The van der Waals surface area contributed by atoms with Crippen LogP contribution in [0, 0.1) is 13.8 Å². The Balaban J connectivity index is 1.69. The fraction of sp³-hybridized carbons (Fsp3) is 0.217. The number of hydrogen-bond donors (Lipinski definition) is 2. The molecule has 0 aliphatic carbocycles. The molecule has 0 saturated carbocycles. The Morgan fingerprint density at radius 1 is 1.22 bits per heavy atom. The fourth-order valence-electron chi connectivity index (χ4n) is 3.55. The lowest BCUT2D eigenvalue weighted by Crippen LogP contribution is -2.14. The summed E-state index contributed by atoms with van der Waals surface area (Å²) in [5.74, 6) is -0.0604. The second-order valence-electron chi connectivity index (χ2n) is 7.22. The minimum atomic E-state index is -0.449. The number of rotatable bonds is 6. The number of aromatic nitrogens is 4. The Kier molecular flexibility index (Phi) is 5.91. The zero-order valence-electron chi connectivity index (χ0n) is 18.2. The molecule has 164 valence electrons. The van der Waals surface area contributed by atoms with Gasteiger partial charge in [-0.25, -0.2) is 14.8 Å². The van der Waals surface area contributed by atoms with Crippen LogP contribution in [0.5, 0.6) is 0 Å². The van der Waals surface area contributed by atoms with E-state index in [-0.39, 0.29) is 12.5 Å². The Morgan fingerprint density at radius 2 is 1.97 bits per heavy atom. The number of carbonyl (C=O) groups is 2. The monoisotopic (exact) mass is 449 g/mol. The lowest BCUT2D eigenvalue weighted by Gasteiger charge is -2.03. The largest absolute Gasteiger partial charge is 0.462 e. The van der Waals surface area contributed by atoms with E-state index in [0.717, 1.165) is 22.0 Å². The summed E-state index contributed by atoms with van der Waals surface area (Å²) >= 11 is 1.35. The predicted octanol–water partition coefficient (Wildman–Crippen LogP) is 4.58. The van der Waals surface area contributed by atoms with Crippen LogP contribution in [0.15, 0.2) is 42.7 Å². The van der Waals surface area contributed by atoms with Gasteiger partial charge < -0.3 is 14.3 Å². The third-order valence-corrected chi connectivity index (χ3v) is 6.03. The van der Waals surface area contributed by atoms with Crippen molar-refractivity contribution in [3.63, 3.8) is 0 Å². The molecule has 3 aromatic heterocycles. The molecule has 0 saturated heterocycles. The van der Waals surface area contributed by atoms with Gasteiger partial charge in [0.05, 0.1) is 22.7 Å². The smallest absolute Gasteiger partial charge is 0.340 e. The Morgan fingerprint density at radius 3 is 2.62 bits per heavy atom. The first-order valence-corrected chi connectivity index (χ1v) is 10.9. The summed E-state index contributed by atoms with van der Waals surface area (Å²) in [7, 11) is 1.91. The normalized spacial score (nSPS) is 10.9. The van der Waals surface area contributed by atoms with Crippen LogP contribution in [0.3, 0.4) is 0 Å². The standard InChI is InChI=1S/C23H23N5O3S/c1-5-31-22(30)16-13(2)17(25-14(16)3)21(29)27-23-26-18(15-9-7-6-8-10-15)19(32-23)20-24-11-12-28(20)4/h6-12,25H,5H2,1-4H3,(H,26,27,29). The maximum Gasteiger partial charge on any atom is 0.340 e. The molecular formula is C23H23N5O3S. The van der Waals surface area contributed by atoms with Crippen LogP contribution in [0.25, 0.3) is 22.0 Å². The van der Waals surface area contributed by atoms with E-state index < -0.39 is 5.97 Å². The third-order valence-electron chi connectivity index (χ3n) is 5.06. The molecule has 0 radical (unpaired) electrons. The van der Waals surface area contributed by atoms with Gasteiger partial charge in [-0.1, -0.05) is 41.7 Å². The molecule has 0 bridgehead atoms. The van der Waals surface area contributed by atoms with Crippen molar-refractivity contribution in [3.05, 3.63) is 65.2 Å². The number of carbonyl (C=O) groups excluding carboxylic acids is 2. The summed E-state index contributed by atoms with van der Waals surface area (Å²) in [6, 6.07) is 9.76. The Bertz CT molecular complexity index is 1290. The minimum Gasteiger partial charge on any atom is -0.462 e. The summed E-state index contributed by atoms with van der Waals surface area (Å²) in [5.41, 5.74) is 3.49. The number of anilines is 1. The Labute approximate surface area is 189 Å². The zero-order valence-corrected chi connectivity index (χ0v) is 19.0. The third kappa shape index (κ3) is 3.94. The van der Waals surface area contributed by atoms with Gasteiger partial charge in [0.25, 0.3) is 5.91 Å². The van der Waals surface area contributed by atoms with Gasteiger partial charge in [-0.2, -0.15) is 0 Å². The molecule has 2 N–H and O–H groups in total. The second-order valence-corrected chi connectivity index (χ2v) is 8.22. The summed E-state index contributed by atoms with van der Waals surface area (Å²) in [5, 5.41) is 3.31. The molecule has 4 aromatic rings. The number of benzene rings is 1. The van der Waals surface area contributed by atoms with Gasteiger partial charge in [0.1, 0.15) is 5.69 Å².